The molecule has 7 aromatic carbocycles. The van der Waals surface area contributed by atoms with E-state index in [9.17, 15) is 0 Å². The zero-order valence-electron chi connectivity index (χ0n) is 26.1. The summed E-state index contributed by atoms with van der Waals surface area (Å²) in [5, 5.41) is 8.23. The summed E-state index contributed by atoms with van der Waals surface area (Å²) in [6.45, 7) is 0. The summed E-state index contributed by atoms with van der Waals surface area (Å²) in [5.74, 6) is 0.728. The quantitative estimate of drug-likeness (QED) is 0.192. The van der Waals surface area contributed by atoms with E-state index in [1.807, 2.05) is 23.5 Å². The van der Waals surface area contributed by atoms with E-state index in [2.05, 4.69) is 144 Å². The van der Waals surface area contributed by atoms with Gasteiger partial charge in [-0.05, 0) is 60.7 Å². The minimum absolute atomic E-state index is 0.728. The molecule has 49 heavy (non-hydrogen) atoms. The fraction of sp³-hybridized carbons (Fsp3) is 0. The van der Waals surface area contributed by atoms with Crippen molar-refractivity contribution in [2.75, 3.05) is 0 Å². The number of para-hydroxylation sites is 4. The Morgan fingerprint density at radius 2 is 1.22 bits per heavy atom. The summed E-state index contributed by atoms with van der Waals surface area (Å²) < 4.78 is 11.0. The monoisotopic (exact) mass is 643 g/mol. The lowest BCUT2D eigenvalue weighted by Crippen LogP contribution is -1.95. The van der Waals surface area contributed by atoms with Crippen molar-refractivity contribution in [2.45, 2.75) is 0 Å². The molecule has 0 radical (unpaired) electrons. The summed E-state index contributed by atoms with van der Waals surface area (Å²) in [6.07, 6.45) is 0. The molecule has 5 heteroatoms. The van der Waals surface area contributed by atoms with Crippen molar-refractivity contribution in [1.82, 2.24) is 14.5 Å². The van der Waals surface area contributed by atoms with Crippen molar-refractivity contribution in [1.29, 1.82) is 0 Å². The SMILES string of the molecule is c1ccc(-n2c3ccccc3c3c4sc5c(-c6nc(-c7ccc8oc9ccccc9c8c7)c7ccccc7n6)cccc5c4ccc32)cc1. The fourth-order valence-corrected chi connectivity index (χ4v) is 9.00. The Hall–Kier alpha value is -6.30. The molecular weight excluding hydrogens is 619 g/mol. The van der Waals surface area contributed by atoms with Gasteiger partial charge >= 0.3 is 0 Å². The van der Waals surface area contributed by atoms with Gasteiger partial charge in [-0.2, -0.15) is 0 Å². The van der Waals surface area contributed by atoms with Gasteiger partial charge in [-0.25, -0.2) is 9.97 Å². The van der Waals surface area contributed by atoms with E-state index in [1.54, 1.807) is 0 Å². The van der Waals surface area contributed by atoms with Gasteiger partial charge in [0, 0.05) is 63.9 Å². The zero-order valence-corrected chi connectivity index (χ0v) is 26.9. The molecule has 11 rings (SSSR count). The molecule has 0 saturated heterocycles. The Labute approximate surface area is 284 Å². The van der Waals surface area contributed by atoms with E-state index in [1.165, 1.54) is 42.0 Å². The molecule has 4 nitrogen and oxygen atoms in total. The average molecular weight is 644 g/mol. The third-order valence-corrected chi connectivity index (χ3v) is 11.1. The first-order valence-corrected chi connectivity index (χ1v) is 17.2. The van der Waals surface area contributed by atoms with Crippen molar-refractivity contribution in [3.63, 3.8) is 0 Å². The van der Waals surface area contributed by atoms with Crippen molar-refractivity contribution >= 4 is 86.2 Å². The normalized spacial score (nSPS) is 12.1. The van der Waals surface area contributed by atoms with Crippen LogP contribution in [-0.2, 0) is 0 Å². The van der Waals surface area contributed by atoms with Crippen molar-refractivity contribution in [3.8, 4) is 28.3 Å². The molecule has 0 amide bonds. The van der Waals surface area contributed by atoms with Gasteiger partial charge in [0.15, 0.2) is 5.82 Å². The van der Waals surface area contributed by atoms with Crippen LogP contribution in [0, 0.1) is 0 Å². The molecule has 0 N–H and O–H groups in total. The van der Waals surface area contributed by atoms with Crippen LogP contribution in [0.1, 0.15) is 0 Å². The highest BCUT2D eigenvalue weighted by Crippen LogP contribution is 2.46. The third kappa shape index (κ3) is 3.85. The van der Waals surface area contributed by atoms with Gasteiger partial charge in [-0.1, -0.05) is 91.0 Å². The van der Waals surface area contributed by atoms with E-state index < -0.39 is 0 Å². The van der Waals surface area contributed by atoms with Gasteiger partial charge in [0.2, 0.25) is 0 Å². The maximum atomic E-state index is 6.15. The van der Waals surface area contributed by atoms with Gasteiger partial charge in [-0.15, -0.1) is 11.3 Å². The predicted octanol–water partition coefficient (Wildman–Crippen LogP) is 12.3. The standard InChI is InChI=1S/C44H25N3OS/c1-2-11-27(12-3-1)47-36-19-8-5-15-32(36)40-37(47)23-22-30-29-16-10-17-33(42(29)49-43(30)40)44-45-35-18-7-4-14-31(35)41(46-44)26-21-24-39-34(25-26)28-13-6-9-20-38(28)48-39/h1-25H. The first-order valence-electron chi connectivity index (χ1n) is 16.4. The maximum absolute atomic E-state index is 6.15. The smallest absolute Gasteiger partial charge is 0.161 e. The Bertz CT molecular complexity index is 3110. The van der Waals surface area contributed by atoms with Crippen LogP contribution in [0.4, 0.5) is 0 Å². The van der Waals surface area contributed by atoms with Gasteiger partial charge in [0.1, 0.15) is 11.2 Å². The lowest BCUT2D eigenvalue weighted by molar-refractivity contribution is 0.669. The second kappa shape index (κ2) is 10.1. The minimum Gasteiger partial charge on any atom is -0.456 e. The molecule has 0 fully saturated rings. The molecule has 0 bridgehead atoms. The zero-order chi connectivity index (χ0) is 32.1. The van der Waals surface area contributed by atoms with E-state index >= 15 is 0 Å². The number of rotatable bonds is 3. The Kier molecular flexibility index (Phi) is 5.51. The molecule has 0 atom stereocenters. The molecule has 4 heterocycles. The van der Waals surface area contributed by atoms with Crippen LogP contribution >= 0.6 is 11.3 Å². The summed E-state index contributed by atoms with van der Waals surface area (Å²) in [6, 6.07) is 53.4. The molecule has 0 unspecified atom stereocenters. The number of thiophene rings is 1. The van der Waals surface area contributed by atoms with Crippen molar-refractivity contribution in [2.24, 2.45) is 0 Å². The second-order valence-electron chi connectivity index (χ2n) is 12.5. The maximum Gasteiger partial charge on any atom is 0.161 e. The molecule has 4 aromatic heterocycles. The third-order valence-electron chi connectivity index (χ3n) is 9.81. The molecule has 0 aliphatic carbocycles. The van der Waals surface area contributed by atoms with Crippen LogP contribution < -0.4 is 0 Å². The molecule has 228 valence electrons. The van der Waals surface area contributed by atoms with Crippen LogP contribution in [-0.4, -0.2) is 14.5 Å². The molecule has 0 spiro atoms. The topological polar surface area (TPSA) is 43.9 Å². The van der Waals surface area contributed by atoms with Gasteiger partial charge in [0.25, 0.3) is 0 Å². The number of nitrogens with zero attached hydrogens (tertiary/aromatic N) is 3. The summed E-state index contributed by atoms with van der Waals surface area (Å²) in [7, 11) is 0. The van der Waals surface area contributed by atoms with Crippen LogP contribution in [0.2, 0.25) is 0 Å². The van der Waals surface area contributed by atoms with Gasteiger partial charge < -0.3 is 8.98 Å². The lowest BCUT2D eigenvalue weighted by Gasteiger charge is -2.10. The van der Waals surface area contributed by atoms with E-state index in [0.717, 1.165) is 61.2 Å². The predicted molar refractivity (Wildman–Crippen MR) is 205 cm³/mol. The van der Waals surface area contributed by atoms with Gasteiger partial charge in [-0.3, -0.25) is 0 Å². The number of benzene rings is 7. The highest BCUT2D eigenvalue weighted by Gasteiger charge is 2.20. The van der Waals surface area contributed by atoms with E-state index in [0.29, 0.717) is 0 Å². The summed E-state index contributed by atoms with van der Waals surface area (Å²) in [4.78, 5) is 10.5. The Morgan fingerprint density at radius 1 is 0.490 bits per heavy atom. The van der Waals surface area contributed by atoms with Crippen LogP contribution in [0.25, 0.3) is 103 Å². The molecule has 11 aromatic rings. The Balaban J connectivity index is 1.18. The summed E-state index contributed by atoms with van der Waals surface area (Å²) >= 11 is 1.84. The second-order valence-corrected chi connectivity index (χ2v) is 13.6. The number of fused-ring (bicyclic) bond motifs is 11. The van der Waals surface area contributed by atoms with Crippen molar-refractivity contribution in [3.05, 3.63) is 152 Å². The molecule has 0 aliphatic rings. The van der Waals surface area contributed by atoms with Crippen LogP contribution in [0.3, 0.4) is 0 Å². The average Bonchev–Trinajstić information content (AvgIpc) is 3.84. The summed E-state index contributed by atoms with van der Waals surface area (Å²) in [5.41, 5.74) is 9.26. The first-order chi connectivity index (χ1) is 24.3. The Morgan fingerprint density at radius 3 is 2.14 bits per heavy atom. The number of furan rings is 1. The number of hydrogen-bond acceptors (Lipinski definition) is 4. The van der Waals surface area contributed by atoms with Crippen molar-refractivity contribution < 1.29 is 4.42 Å². The first kappa shape index (κ1) is 26.7. The van der Waals surface area contributed by atoms with Gasteiger partial charge in [0.05, 0.1) is 22.2 Å². The minimum atomic E-state index is 0.728. The lowest BCUT2D eigenvalue weighted by atomic mass is 10.0. The molecule has 0 saturated carbocycles. The highest BCUT2D eigenvalue weighted by molar-refractivity contribution is 7.27. The number of hydrogen-bond donors (Lipinski definition) is 0. The largest absolute Gasteiger partial charge is 0.456 e. The van der Waals surface area contributed by atoms with E-state index in [-0.39, 0.29) is 0 Å². The van der Waals surface area contributed by atoms with Crippen LogP contribution in [0.5, 0.6) is 0 Å². The van der Waals surface area contributed by atoms with E-state index in [4.69, 9.17) is 14.4 Å². The number of aromatic nitrogens is 3. The fourth-order valence-electron chi connectivity index (χ4n) is 7.63. The van der Waals surface area contributed by atoms with Crippen LogP contribution in [0.15, 0.2) is 156 Å². The molecular formula is C44H25N3OS. The molecule has 0 aliphatic heterocycles. The highest BCUT2D eigenvalue weighted by atomic mass is 32.1.